The fraction of sp³-hybridized carbons (Fsp3) is 0.333. The van der Waals surface area contributed by atoms with Crippen LogP contribution in [0, 0.1) is 0 Å². The maximum absolute atomic E-state index is 6.38. The summed E-state index contributed by atoms with van der Waals surface area (Å²) in [5, 5.41) is 0.740. The molecule has 0 fully saturated rings. The first-order valence-electron chi connectivity index (χ1n) is 7.57. The molecule has 0 N–H and O–H groups in total. The monoisotopic (exact) mass is 334 g/mol. The van der Waals surface area contributed by atoms with E-state index < -0.39 is 0 Å². The Labute approximate surface area is 140 Å². The first-order valence-corrected chi connectivity index (χ1v) is 8.76. The number of ether oxygens (including phenoxy) is 2. The van der Waals surface area contributed by atoms with Crippen molar-refractivity contribution in [3.63, 3.8) is 0 Å². The van der Waals surface area contributed by atoms with Crippen molar-refractivity contribution < 1.29 is 9.47 Å². The first kappa shape index (κ1) is 15.7. The van der Waals surface area contributed by atoms with Gasteiger partial charge in [-0.25, -0.2) is 0 Å². The van der Waals surface area contributed by atoms with Crippen LogP contribution in [-0.2, 0) is 18.0 Å². The number of unbranched alkanes of at least 4 members (excludes halogenated alkanes) is 1. The van der Waals surface area contributed by atoms with Gasteiger partial charge >= 0.3 is 0 Å². The molecule has 0 saturated carbocycles. The molecule has 0 atom stereocenters. The molecule has 0 aliphatic carbocycles. The summed E-state index contributed by atoms with van der Waals surface area (Å²) >= 11 is 8.11. The Balaban J connectivity index is 1.98. The van der Waals surface area contributed by atoms with Crippen molar-refractivity contribution >= 4 is 23.4 Å². The highest BCUT2D eigenvalue weighted by molar-refractivity contribution is 7.99. The predicted molar refractivity (Wildman–Crippen MR) is 90.9 cm³/mol. The van der Waals surface area contributed by atoms with Crippen LogP contribution in [0.2, 0.25) is 5.02 Å². The van der Waals surface area contributed by atoms with E-state index in [4.69, 9.17) is 21.1 Å². The minimum absolute atomic E-state index is 0.514. The SMILES string of the molecule is CCCCOc1ccc(Cl)c2c1Sc1ccccc1COC2. The molecule has 0 radical (unpaired) electrons. The van der Waals surface area contributed by atoms with E-state index in [0.29, 0.717) is 13.2 Å². The van der Waals surface area contributed by atoms with Crippen molar-refractivity contribution in [1.82, 2.24) is 0 Å². The van der Waals surface area contributed by atoms with Crippen LogP contribution in [-0.4, -0.2) is 6.61 Å². The summed E-state index contributed by atoms with van der Waals surface area (Å²) in [6, 6.07) is 12.2. The largest absolute Gasteiger partial charge is 0.492 e. The Bertz CT molecular complexity index is 658. The minimum Gasteiger partial charge on any atom is -0.492 e. The normalized spacial score (nSPS) is 13.7. The Morgan fingerprint density at radius 3 is 2.91 bits per heavy atom. The number of halogens is 1. The van der Waals surface area contributed by atoms with Gasteiger partial charge in [0.25, 0.3) is 0 Å². The van der Waals surface area contributed by atoms with Gasteiger partial charge in [-0.2, -0.15) is 0 Å². The molecule has 0 bridgehead atoms. The Morgan fingerprint density at radius 1 is 1.18 bits per heavy atom. The standard InChI is InChI=1S/C18H19ClO2S/c1-2-3-10-21-16-9-8-15(19)14-12-20-11-13-6-4-5-7-17(13)22-18(14)16/h4-9H,2-3,10-12H2,1H3. The molecule has 1 aliphatic rings. The molecule has 0 spiro atoms. The van der Waals surface area contributed by atoms with E-state index in [1.54, 1.807) is 11.8 Å². The van der Waals surface area contributed by atoms with Crippen molar-refractivity contribution in [1.29, 1.82) is 0 Å². The number of hydrogen-bond acceptors (Lipinski definition) is 3. The number of fused-ring (bicyclic) bond motifs is 2. The molecule has 0 aromatic heterocycles. The second kappa shape index (κ2) is 7.40. The minimum atomic E-state index is 0.514. The number of benzene rings is 2. The highest BCUT2D eigenvalue weighted by Gasteiger charge is 2.19. The van der Waals surface area contributed by atoms with Crippen LogP contribution in [0.15, 0.2) is 46.2 Å². The third kappa shape index (κ3) is 3.43. The van der Waals surface area contributed by atoms with E-state index in [2.05, 4.69) is 25.1 Å². The van der Waals surface area contributed by atoms with Crippen LogP contribution < -0.4 is 4.74 Å². The van der Waals surface area contributed by atoms with E-state index in [1.807, 2.05) is 18.2 Å². The lowest BCUT2D eigenvalue weighted by molar-refractivity contribution is 0.103. The topological polar surface area (TPSA) is 18.5 Å². The van der Waals surface area contributed by atoms with Gasteiger partial charge in [0.1, 0.15) is 5.75 Å². The summed E-state index contributed by atoms with van der Waals surface area (Å²) in [5.74, 6) is 0.901. The molecule has 4 heteroatoms. The molecule has 1 aliphatic heterocycles. The van der Waals surface area contributed by atoms with Gasteiger partial charge in [-0.3, -0.25) is 0 Å². The number of rotatable bonds is 4. The van der Waals surface area contributed by atoms with E-state index >= 15 is 0 Å². The van der Waals surface area contributed by atoms with Crippen molar-refractivity contribution in [3.8, 4) is 5.75 Å². The third-order valence-electron chi connectivity index (χ3n) is 3.61. The maximum Gasteiger partial charge on any atom is 0.133 e. The van der Waals surface area contributed by atoms with Crippen LogP contribution in [0.5, 0.6) is 5.75 Å². The van der Waals surface area contributed by atoms with Gasteiger partial charge in [0.05, 0.1) is 24.7 Å². The average molecular weight is 335 g/mol. The second-order valence-corrected chi connectivity index (χ2v) is 6.72. The fourth-order valence-corrected chi connectivity index (χ4v) is 3.78. The van der Waals surface area contributed by atoms with E-state index in [-0.39, 0.29) is 0 Å². The third-order valence-corrected chi connectivity index (χ3v) is 5.24. The summed E-state index contributed by atoms with van der Waals surface area (Å²) in [6.45, 7) is 4.02. The zero-order valence-electron chi connectivity index (χ0n) is 12.6. The molecule has 2 aromatic carbocycles. The van der Waals surface area contributed by atoms with Crippen molar-refractivity contribution in [2.24, 2.45) is 0 Å². The molecule has 116 valence electrons. The lowest BCUT2D eigenvalue weighted by atomic mass is 10.2. The average Bonchev–Trinajstić information content (AvgIpc) is 2.51. The van der Waals surface area contributed by atoms with Crippen LogP contribution >= 0.6 is 23.4 Å². The maximum atomic E-state index is 6.38. The summed E-state index contributed by atoms with van der Waals surface area (Å²) < 4.78 is 11.8. The summed E-state index contributed by atoms with van der Waals surface area (Å²) in [5.41, 5.74) is 2.23. The summed E-state index contributed by atoms with van der Waals surface area (Å²) in [6.07, 6.45) is 2.17. The van der Waals surface area contributed by atoms with Crippen LogP contribution in [0.4, 0.5) is 0 Å². The summed E-state index contributed by atoms with van der Waals surface area (Å²) in [4.78, 5) is 2.28. The molecule has 2 nitrogen and oxygen atoms in total. The molecular weight excluding hydrogens is 316 g/mol. The lowest BCUT2D eigenvalue weighted by Crippen LogP contribution is -2.05. The van der Waals surface area contributed by atoms with Gasteiger partial charge in [-0.1, -0.05) is 54.9 Å². The predicted octanol–water partition coefficient (Wildman–Crippen LogP) is 5.70. The van der Waals surface area contributed by atoms with Gasteiger partial charge in [0.2, 0.25) is 0 Å². The van der Waals surface area contributed by atoms with Crippen molar-refractivity contribution in [2.75, 3.05) is 6.61 Å². The molecule has 0 unspecified atom stereocenters. The Morgan fingerprint density at radius 2 is 2.05 bits per heavy atom. The van der Waals surface area contributed by atoms with Gasteiger partial charge < -0.3 is 9.47 Å². The number of hydrogen-bond donors (Lipinski definition) is 0. The second-order valence-electron chi connectivity index (χ2n) is 5.26. The zero-order chi connectivity index (χ0) is 15.4. The van der Waals surface area contributed by atoms with E-state index in [0.717, 1.165) is 40.7 Å². The highest BCUT2D eigenvalue weighted by Crippen LogP contribution is 2.43. The Kier molecular flexibility index (Phi) is 5.29. The van der Waals surface area contributed by atoms with Crippen molar-refractivity contribution in [2.45, 2.75) is 42.8 Å². The highest BCUT2D eigenvalue weighted by atomic mass is 35.5. The molecule has 0 amide bonds. The fourth-order valence-electron chi connectivity index (χ4n) is 2.36. The van der Waals surface area contributed by atoms with Crippen LogP contribution in [0.1, 0.15) is 30.9 Å². The quantitative estimate of drug-likeness (QED) is 0.668. The van der Waals surface area contributed by atoms with Gasteiger partial charge in [-0.15, -0.1) is 0 Å². The molecular formula is C18H19ClO2S. The van der Waals surface area contributed by atoms with Crippen LogP contribution in [0.3, 0.4) is 0 Å². The van der Waals surface area contributed by atoms with Gasteiger partial charge in [0, 0.05) is 15.5 Å². The molecule has 22 heavy (non-hydrogen) atoms. The molecule has 3 rings (SSSR count). The van der Waals surface area contributed by atoms with Gasteiger partial charge in [-0.05, 0) is 30.2 Å². The lowest BCUT2D eigenvalue weighted by Gasteiger charge is -2.20. The summed E-state index contributed by atoms with van der Waals surface area (Å²) in [7, 11) is 0. The first-order chi connectivity index (χ1) is 10.8. The van der Waals surface area contributed by atoms with E-state index in [1.165, 1.54) is 10.5 Å². The smallest absolute Gasteiger partial charge is 0.133 e. The molecule has 1 heterocycles. The van der Waals surface area contributed by atoms with Crippen molar-refractivity contribution in [3.05, 3.63) is 52.5 Å². The van der Waals surface area contributed by atoms with Gasteiger partial charge in [0.15, 0.2) is 0 Å². The Hall–Kier alpha value is -1.16. The molecule has 0 saturated heterocycles. The van der Waals surface area contributed by atoms with E-state index in [9.17, 15) is 0 Å². The van der Waals surface area contributed by atoms with Crippen LogP contribution in [0.25, 0.3) is 0 Å². The molecule has 2 aromatic rings. The zero-order valence-corrected chi connectivity index (χ0v) is 14.2.